The molecule has 0 aliphatic rings. The van der Waals surface area contributed by atoms with Crippen LogP contribution in [-0.4, -0.2) is 5.84 Å². The van der Waals surface area contributed by atoms with Gasteiger partial charge in [-0.1, -0.05) is 6.92 Å². The van der Waals surface area contributed by atoms with Gasteiger partial charge in [0.2, 0.25) is 0 Å². The molecule has 0 aromatic heterocycles. The molecule has 0 aliphatic carbocycles. The number of nitrogens with one attached hydrogen (secondary N) is 1. The molecule has 4 nitrogen and oxygen atoms in total. The summed E-state index contributed by atoms with van der Waals surface area (Å²) < 4.78 is 0. The summed E-state index contributed by atoms with van der Waals surface area (Å²) in [5, 5.41) is 3.31. The van der Waals surface area contributed by atoms with Crippen LogP contribution < -0.4 is 17.1 Å². The minimum absolute atomic E-state index is 0.611. The molecule has 5 N–H and O–H groups in total. The summed E-state index contributed by atoms with van der Waals surface area (Å²) in [6.45, 7) is 1.91. The highest BCUT2D eigenvalue weighted by molar-refractivity contribution is 5.80. The lowest BCUT2D eigenvalue weighted by atomic mass is 10.5. The lowest BCUT2D eigenvalue weighted by molar-refractivity contribution is 0.958. The van der Waals surface area contributed by atoms with E-state index in [-0.39, 0.29) is 0 Å². The van der Waals surface area contributed by atoms with E-state index in [2.05, 4.69) is 10.5 Å². The van der Waals surface area contributed by atoms with E-state index in [1.165, 1.54) is 0 Å². The van der Waals surface area contributed by atoms with Crippen molar-refractivity contribution < 1.29 is 0 Å². The predicted octanol–water partition coefficient (Wildman–Crippen LogP) is -0.868. The fraction of sp³-hybridized carbons (Fsp3) is 0.667. The van der Waals surface area contributed by atoms with E-state index in [1.54, 1.807) is 0 Å². The van der Waals surface area contributed by atoms with Gasteiger partial charge < -0.3 is 11.3 Å². The Morgan fingerprint density at radius 3 is 2.43 bits per heavy atom. The van der Waals surface area contributed by atoms with Crippen LogP contribution in [-0.2, 0) is 0 Å². The van der Waals surface area contributed by atoms with Gasteiger partial charge in [0.25, 0.3) is 0 Å². The third kappa shape index (κ3) is 1.99. The number of nitrogens with zero attached hydrogens (tertiary/aromatic N) is 1. The number of hydrogen-bond donors (Lipinski definition) is 3. The van der Waals surface area contributed by atoms with Crippen molar-refractivity contribution in [3.8, 4) is 0 Å². The Bertz CT molecular complexity index is 61.3. The quantitative estimate of drug-likeness (QED) is 0.174. The molecular weight excluding hydrogens is 92.1 g/mol. The van der Waals surface area contributed by atoms with Crippen LogP contribution in [0.3, 0.4) is 0 Å². The molecule has 7 heavy (non-hydrogen) atoms. The standard InChI is InChI=1S/C3H10N4/c1-2-3(6-4)7-5/h2,4-5H2,1H3,(H,6,7). The average Bonchev–Trinajstić information content (AvgIpc) is 1.72. The molecular formula is C3H10N4. The van der Waals surface area contributed by atoms with Crippen LogP contribution in [0.25, 0.3) is 0 Å². The first-order valence-corrected chi connectivity index (χ1v) is 2.08. The minimum atomic E-state index is 0.611. The highest BCUT2D eigenvalue weighted by atomic mass is 15.3. The molecule has 42 valence electrons. The largest absolute Gasteiger partial charge is 0.322 e. The molecule has 0 rings (SSSR count). The van der Waals surface area contributed by atoms with Gasteiger partial charge in [-0.05, 0) is 0 Å². The summed E-state index contributed by atoms with van der Waals surface area (Å²) >= 11 is 0. The fourth-order valence-corrected chi connectivity index (χ4v) is 0.231. The van der Waals surface area contributed by atoms with E-state index < -0.39 is 0 Å². The molecule has 0 fully saturated rings. The molecule has 0 aromatic rings. The van der Waals surface area contributed by atoms with Crippen molar-refractivity contribution in [2.75, 3.05) is 0 Å². The third-order valence-electron chi connectivity index (χ3n) is 0.657. The summed E-state index contributed by atoms with van der Waals surface area (Å²) in [7, 11) is 0. The number of hydrazine groups is 1. The molecule has 0 unspecified atom stereocenters. The molecule has 0 saturated carbocycles. The van der Waals surface area contributed by atoms with Crippen molar-refractivity contribution in [2.45, 2.75) is 13.3 Å². The zero-order chi connectivity index (χ0) is 5.70. The molecule has 0 aromatic carbocycles. The lowest BCUT2D eigenvalue weighted by Crippen LogP contribution is -2.30. The third-order valence-corrected chi connectivity index (χ3v) is 0.657. The van der Waals surface area contributed by atoms with Crippen LogP contribution in [0, 0.1) is 0 Å². The molecule has 0 aliphatic heterocycles. The van der Waals surface area contributed by atoms with Crippen molar-refractivity contribution in [1.82, 2.24) is 5.43 Å². The Labute approximate surface area is 42.5 Å². The Morgan fingerprint density at radius 2 is 2.43 bits per heavy atom. The summed E-state index contributed by atoms with van der Waals surface area (Å²) in [6, 6.07) is 0. The van der Waals surface area contributed by atoms with Crippen molar-refractivity contribution >= 4 is 5.84 Å². The van der Waals surface area contributed by atoms with Gasteiger partial charge in [-0.15, -0.1) is 0 Å². The van der Waals surface area contributed by atoms with Crippen LogP contribution in [0.4, 0.5) is 0 Å². The number of rotatable bonds is 1. The normalized spacial score (nSPS) is 11.4. The summed E-state index contributed by atoms with van der Waals surface area (Å²) in [5.74, 6) is 10.4. The number of hydrazone groups is 1. The number of amidine groups is 1. The van der Waals surface area contributed by atoms with E-state index in [0.717, 1.165) is 6.42 Å². The first-order valence-electron chi connectivity index (χ1n) is 2.08. The first kappa shape index (κ1) is 6.23. The monoisotopic (exact) mass is 102 g/mol. The zero-order valence-corrected chi connectivity index (χ0v) is 4.31. The minimum Gasteiger partial charge on any atom is -0.322 e. The average molecular weight is 102 g/mol. The molecule has 0 amide bonds. The Balaban J connectivity index is 3.38. The molecule has 0 atom stereocenters. The zero-order valence-electron chi connectivity index (χ0n) is 4.31. The highest BCUT2D eigenvalue weighted by Crippen LogP contribution is 1.72. The second-order valence-electron chi connectivity index (χ2n) is 1.07. The SMILES string of the molecule is CC/C(=N/N)NN. The van der Waals surface area contributed by atoms with Gasteiger partial charge in [0.1, 0.15) is 5.84 Å². The van der Waals surface area contributed by atoms with Crippen molar-refractivity contribution in [2.24, 2.45) is 16.8 Å². The second-order valence-corrected chi connectivity index (χ2v) is 1.07. The Morgan fingerprint density at radius 1 is 1.86 bits per heavy atom. The van der Waals surface area contributed by atoms with Gasteiger partial charge in [0.15, 0.2) is 0 Å². The molecule has 4 heteroatoms. The molecule has 0 spiro atoms. The van der Waals surface area contributed by atoms with Gasteiger partial charge in [0, 0.05) is 6.42 Å². The van der Waals surface area contributed by atoms with Gasteiger partial charge in [-0.2, -0.15) is 5.10 Å². The van der Waals surface area contributed by atoms with Gasteiger partial charge >= 0.3 is 0 Å². The maximum absolute atomic E-state index is 4.93. The van der Waals surface area contributed by atoms with Crippen LogP contribution in [0.1, 0.15) is 13.3 Å². The molecule has 0 bridgehead atoms. The first-order chi connectivity index (χ1) is 3.35. The second kappa shape index (κ2) is 3.42. The Kier molecular flexibility index (Phi) is 3.04. The molecule has 0 saturated heterocycles. The lowest BCUT2D eigenvalue weighted by Gasteiger charge is -1.95. The smallest absolute Gasteiger partial charge is 0.135 e. The van der Waals surface area contributed by atoms with Crippen molar-refractivity contribution in [3.63, 3.8) is 0 Å². The number of nitrogens with two attached hydrogens (primary N) is 2. The Hall–Kier alpha value is -0.770. The van der Waals surface area contributed by atoms with E-state index in [9.17, 15) is 0 Å². The maximum atomic E-state index is 4.93. The van der Waals surface area contributed by atoms with E-state index in [4.69, 9.17) is 11.7 Å². The molecule has 0 radical (unpaired) electrons. The van der Waals surface area contributed by atoms with Gasteiger partial charge in [-0.25, -0.2) is 5.84 Å². The predicted molar refractivity (Wildman–Crippen MR) is 29.2 cm³/mol. The topological polar surface area (TPSA) is 76.4 Å². The summed E-state index contributed by atoms with van der Waals surface area (Å²) in [6.07, 6.45) is 0.743. The highest BCUT2D eigenvalue weighted by Gasteiger charge is 1.84. The van der Waals surface area contributed by atoms with E-state index in [1.807, 2.05) is 6.92 Å². The van der Waals surface area contributed by atoms with Crippen LogP contribution in [0.15, 0.2) is 5.10 Å². The van der Waals surface area contributed by atoms with Crippen LogP contribution in [0.5, 0.6) is 0 Å². The van der Waals surface area contributed by atoms with E-state index >= 15 is 0 Å². The summed E-state index contributed by atoms with van der Waals surface area (Å²) in [4.78, 5) is 0. The van der Waals surface area contributed by atoms with Crippen molar-refractivity contribution in [1.29, 1.82) is 0 Å². The van der Waals surface area contributed by atoms with Gasteiger partial charge in [-0.3, -0.25) is 0 Å². The van der Waals surface area contributed by atoms with Crippen molar-refractivity contribution in [3.05, 3.63) is 0 Å². The van der Waals surface area contributed by atoms with E-state index in [0.29, 0.717) is 5.84 Å². The fourth-order valence-electron chi connectivity index (χ4n) is 0.231. The van der Waals surface area contributed by atoms with Crippen LogP contribution in [0.2, 0.25) is 0 Å². The summed E-state index contributed by atoms with van der Waals surface area (Å²) in [5.41, 5.74) is 2.33. The van der Waals surface area contributed by atoms with Crippen LogP contribution >= 0.6 is 0 Å². The molecule has 0 heterocycles. The van der Waals surface area contributed by atoms with Gasteiger partial charge in [0.05, 0.1) is 0 Å². The number of hydrogen-bond acceptors (Lipinski definition) is 3. The maximum Gasteiger partial charge on any atom is 0.135 e.